The van der Waals surface area contributed by atoms with Gasteiger partial charge in [0, 0.05) is 81.1 Å². The summed E-state index contributed by atoms with van der Waals surface area (Å²) in [6.45, 7) is 8.15. The maximum absolute atomic E-state index is 17.2. The van der Waals surface area contributed by atoms with Gasteiger partial charge in [-0.1, -0.05) is 25.1 Å². The van der Waals surface area contributed by atoms with Crippen molar-refractivity contribution in [3.63, 3.8) is 0 Å². The van der Waals surface area contributed by atoms with Gasteiger partial charge in [-0.3, -0.25) is 29.4 Å². The van der Waals surface area contributed by atoms with Crippen molar-refractivity contribution in [2.75, 3.05) is 63.9 Å². The number of halogens is 2. The van der Waals surface area contributed by atoms with Gasteiger partial charge in [0.2, 0.25) is 17.7 Å². The van der Waals surface area contributed by atoms with E-state index >= 15 is 8.78 Å². The summed E-state index contributed by atoms with van der Waals surface area (Å²) in [6, 6.07) is 12.4. The number of hydrogen-bond acceptors (Lipinski definition) is 12. The van der Waals surface area contributed by atoms with E-state index in [4.69, 9.17) is 24.5 Å². The number of amides is 3. The third-order valence-corrected chi connectivity index (χ3v) is 16.9. The van der Waals surface area contributed by atoms with Crippen LogP contribution in [0, 0.1) is 23.0 Å². The van der Waals surface area contributed by atoms with Crippen LogP contribution >= 0.6 is 0 Å². The molecule has 6 aromatic rings. The van der Waals surface area contributed by atoms with Crippen LogP contribution in [0.2, 0.25) is 0 Å². The third kappa shape index (κ3) is 8.49. The van der Waals surface area contributed by atoms with Crippen LogP contribution in [0.25, 0.3) is 43.8 Å². The lowest BCUT2D eigenvalue weighted by molar-refractivity contribution is -0.151. The predicted molar refractivity (Wildman–Crippen MR) is 267 cm³/mol. The molecule has 1 aliphatic carbocycles. The summed E-state index contributed by atoms with van der Waals surface area (Å²) in [6.07, 6.45) is 10.8. The predicted octanol–water partition coefficient (Wildman–Crippen LogP) is 7.83. The molecule has 376 valence electrons. The highest BCUT2D eigenvalue weighted by molar-refractivity contribution is 6.03. The Kier molecular flexibility index (Phi) is 11.9. The minimum Gasteiger partial charge on any atom is -0.508 e. The number of aryl methyl sites for hydroxylation is 2. The van der Waals surface area contributed by atoms with Crippen molar-refractivity contribution < 1.29 is 37.7 Å². The van der Waals surface area contributed by atoms with Crippen LogP contribution in [0.5, 0.6) is 11.8 Å². The number of hydrogen-bond donors (Lipinski definition) is 2. The van der Waals surface area contributed by atoms with Crippen molar-refractivity contribution in [3.05, 3.63) is 77.1 Å². The van der Waals surface area contributed by atoms with E-state index in [9.17, 15) is 19.5 Å². The number of likely N-dealkylation sites (tertiary alicyclic amines) is 2. The molecule has 15 nitrogen and oxygen atoms in total. The molecule has 3 aromatic heterocycles. The number of carbonyl (C=O) groups excluding carboxylic acids is 3. The first-order valence-electron chi connectivity index (χ1n) is 26.0. The van der Waals surface area contributed by atoms with Gasteiger partial charge >= 0.3 is 6.01 Å². The van der Waals surface area contributed by atoms with E-state index in [0.717, 1.165) is 88.3 Å². The van der Waals surface area contributed by atoms with E-state index in [-0.39, 0.29) is 63.2 Å². The highest BCUT2D eigenvalue weighted by atomic mass is 19.1. The van der Waals surface area contributed by atoms with Crippen molar-refractivity contribution in [2.45, 2.75) is 101 Å². The van der Waals surface area contributed by atoms with Crippen LogP contribution in [-0.2, 0) is 32.6 Å². The zero-order valence-corrected chi connectivity index (χ0v) is 41.0. The number of ether oxygens (including phenoxy) is 2. The number of phenols is 1. The summed E-state index contributed by atoms with van der Waals surface area (Å²) in [7, 11) is 1.89. The number of benzene rings is 3. The van der Waals surface area contributed by atoms with Gasteiger partial charge in [-0.2, -0.15) is 15.1 Å². The van der Waals surface area contributed by atoms with Gasteiger partial charge in [0.1, 0.15) is 28.6 Å². The zero-order valence-electron chi connectivity index (χ0n) is 41.0. The summed E-state index contributed by atoms with van der Waals surface area (Å²) in [4.78, 5) is 59.4. The van der Waals surface area contributed by atoms with Crippen molar-refractivity contribution >= 4 is 56.1 Å². The molecule has 1 saturated carbocycles. The number of carbonyl (C=O) groups is 3. The second-order valence-corrected chi connectivity index (χ2v) is 21.5. The normalized spacial score (nSPS) is 23.0. The number of aromatic nitrogens is 5. The highest BCUT2D eigenvalue weighted by Gasteiger charge is 2.47. The van der Waals surface area contributed by atoms with Crippen molar-refractivity contribution in [1.82, 2.24) is 39.8 Å². The van der Waals surface area contributed by atoms with Gasteiger partial charge in [0.15, 0.2) is 5.82 Å². The largest absolute Gasteiger partial charge is 0.508 e. The molecule has 1 unspecified atom stereocenters. The average Bonchev–Trinajstić information content (AvgIpc) is 4.07. The van der Waals surface area contributed by atoms with Crippen LogP contribution in [-0.4, -0.2) is 122 Å². The summed E-state index contributed by atoms with van der Waals surface area (Å²) in [5.41, 5.74) is 3.24. The van der Waals surface area contributed by atoms with Crippen LogP contribution in [0.3, 0.4) is 0 Å². The number of phenolic OH excluding ortho intramolecular Hbond substituents is 1. The Hall–Kier alpha value is -6.33. The molecule has 2 N–H and O–H groups in total. The van der Waals surface area contributed by atoms with Gasteiger partial charge in [-0.05, 0) is 129 Å². The van der Waals surface area contributed by atoms with Crippen LogP contribution in [0.15, 0.2) is 48.7 Å². The molecular weight excluding hydrogens is 921 g/mol. The number of imide groups is 1. The fourth-order valence-electron chi connectivity index (χ4n) is 12.6. The van der Waals surface area contributed by atoms with E-state index in [2.05, 4.69) is 43.2 Å². The lowest BCUT2D eigenvalue weighted by atomic mass is 9.86. The molecule has 6 fully saturated rings. The summed E-state index contributed by atoms with van der Waals surface area (Å²) in [5.74, 6) is -1.05. The van der Waals surface area contributed by atoms with Crippen molar-refractivity contribution in [2.24, 2.45) is 18.4 Å². The Bertz CT molecular complexity index is 3160. The van der Waals surface area contributed by atoms with E-state index in [1.807, 2.05) is 18.7 Å². The fourth-order valence-corrected chi connectivity index (χ4v) is 12.6. The van der Waals surface area contributed by atoms with Crippen LogP contribution in [0.1, 0.15) is 106 Å². The fraction of sp³-hybridized carbons (Fsp3) is 0.509. The average molecular weight is 982 g/mol. The molecule has 72 heavy (non-hydrogen) atoms. The maximum atomic E-state index is 17.2. The molecule has 2 atom stereocenters. The monoisotopic (exact) mass is 981 g/mol. The van der Waals surface area contributed by atoms with E-state index < -0.39 is 17.6 Å². The number of aromatic hydroxyl groups is 1. The number of nitrogens with zero attached hydrogens (tertiary/aromatic N) is 8. The maximum Gasteiger partial charge on any atom is 0.319 e. The highest BCUT2D eigenvalue weighted by Crippen LogP contribution is 2.48. The molecule has 1 spiro atoms. The second kappa shape index (κ2) is 18.3. The molecular formula is C55H61F2N9O6. The number of fused-ring (bicyclic) bond motifs is 3. The molecule has 8 heterocycles. The summed E-state index contributed by atoms with van der Waals surface area (Å²) in [5, 5.41) is 20.4. The number of pyridine rings is 1. The van der Waals surface area contributed by atoms with Gasteiger partial charge < -0.3 is 29.3 Å². The standard InChI is InChI=1S/C55H61F2N9O6/c1-3-37-42(56)9-6-35-25-36(67)27-40(45(35)37)48-46(57)49-41(28-58-48)50(66-19-4-15-55(30-66)18-24-72-55)61-53(60-49)71-31-54(16-17-54)29-64-20-11-33(12-21-64)52(70)65-22-13-32(14-23-65)34-5-7-38-43(26-34)63(2)62-47(38)39-8-10-44(68)59-51(39)69/h5-7,9,25-28,32-33,39,67H,3-4,8,10-24,29-31H2,1-2H3,(H,59,68,69)/t39?,55-/m0/s1. The minimum atomic E-state index is -0.695. The third-order valence-electron chi connectivity index (χ3n) is 16.9. The quantitative estimate of drug-likeness (QED) is 0.121. The van der Waals surface area contributed by atoms with E-state index in [1.165, 1.54) is 17.7 Å². The van der Waals surface area contributed by atoms with Crippen molar-refractivity contribution in [3.8, 4) is 23.0 Å². The SMILES string of the molecule is CCc1c(F)ccc2cc(O)cc(-c3ncc4c(N5CCC[C@]6(CCO6)C5)nc(OCC5(CN6CCC(C(=O)N7CCC(c8ccc9c(C%10CCC(=O)NC%10=O)nn(C)c9c8)CC7)CC6)CC5)nc4c3F)c12. The van der Waals surface area contributed by atoms with Gasteiger partial charge in [-0.15, -0.1) is 0 Å². The molecule has 6 aliphatic rings. The van der Waals surface area contributed by atoms with Gasteiger partial charge in [0.05, 0.1) is 41.3 Å². The molecule has 5 aliphatic heterocycles. The zero-order chi connectivity index (χ0) is 49.5. The number of rotatable bonds is 11. The summed E-state index contributed by atoms with van der Waals surface area (Å²) >= 11 is 0. The molecule has 5 saturated heterocycles. The second-order valence-electron chi connectivity index (χ2n) is 21.5. The van der Waals surface area contributed by atoms with Crippen LogP contribution in [0.4, 0.5) is 14.6 Å². The summed E-state index contributed by atoms with van der Waals surface area (Å²) < 4.78 is 46.9. The first kappa shape index (κ1) is 46.7. The topological polar surface area (TPSA) is 168 Å². The molecule has 12 rings (SSSR count). The lowest BCUT2D eigenvalue weighted by Crippen LogP contribution is -2.56. The first-order valence-corrected chi connectivity index (χ1v) is 26.0. The Balaban J connectivity index is 0.705. The van der Waals surface area contributed by atoms with Crippen molar-refractivity contribution in [1.29, 1.82) is 0 Å². The van der Waals surface area contributed by atoms with E-state index in [1.54, 1.807) is 18.3 Å². The number of anilines is 1. The first-order chi connectivity index (χ1) is 34.9. The molecule has 0 radical (unpaired) electrons. The molecule has 17 heteroatoms. The van der Waals surface area contributed by atoms with Gasteiger partial charge in [-0.25, -0.2) is 8.78 Å². The Morgan fingerprint density at radius 3 is 2.49 bits per heavy atom. The Morgan fingerprint density at radius 1 is 0.944 bits per heavy atom. The number of nitrogens with one attached hydrogen (secondary N) is 1. The number of piperidine rings is 4. The van der Waals surface area contributed by atoms with Gasteiger partial charge in [0.25, 0.3) is 0 Å². The molecule has 3 amide bonds. The molecule has 0 bridgehead atoms. The Morgan fingerprint density at radius 2 is 1.75 bits per heavy atom. The van der Waals surface area contributed by atoms with Crippen LogP contribution < -0.4 is 15.0 Å². The Labute approximate surface area is 416 Å². The minimum absolute atomic E-state index is 0.0101. The molecule has 3 aromatic carbocycles. The van der Waals surface area contributed by atoms with E-state index in [0.29, 0.717) is 97.8 Å². The smallest absolute Gasteiger partial charge is 0.319 e. The lowest BCUT2D eigenvalue weighted by Gasteiger charge is -2.48.